The quantitative estimate of drug-likeness (QED) is 0.740. The van der Waals surface area contributed by atoms with Gasteiger partial charge in [-0.15, -0.1) is 11.3 Å². The molecule has 0 fully saturated rings. The van der Waals surface area contributed by atoms with Gasteiger partial charge < -0.3 is 5.73 Å². The number of hydrogen-bond acceptors (Lipinski definition) is 4. The van der Waals surface area contributed by atoms with Gasteiger partial charge in [0.05, 0.1) is 10.9 Å². The molecule has 3 aromatic rings. The number of anilines is 1. The van der Waals surface area contributed by atoms with Gasteiger partial charge in [0.1, 0.15) is 22.3 Å². The SMILES string of the molecule is Cc1cc2c(N)nc(-c3cc(F)ccc3F)nc2s1. The first-order chi connectivity index (χ1) is 9.04. The average Bonchev–Trinajstić information content (AvgIpc) is 2.73. The first-order valence-electron chi connectivity index (χ1n) is 5.53. The fourth-order valence-electron chi connectivity index (χ4n) is 1.85. The van der Waals surface area contributed by atoms with E-state index in [-0.39, 0.29) is 17.2 Å². The van der Waals surface area contributed by atoms with E-state index in [1.807, 2.05) is 13.0 Å². The van der Waals surface area contributed by atoms with Gasteiger partial charge in [0.15, 0.2) is 5.82 Å². The molecule has 0 saturated carbocycles. The maximum absolute atomic E-state index is 13.7. The number of benzene rings is 1. The van der Waals surface area contributed by atoms with Gasteiger partial charge in [0.2, 0.25) is 0 Å². The topological polar surface area (TPSA) is 51.8 Å². The van der Waals surface area contributed by atoms with Crippen LogP contribution in [0.2, 0.25) is 0 Å². The molecule has 2 aromatic heterocycles. The van der Waals surface area contributed by atoms with Gasteiger partial charge in [-0.05, 0) is 31.2 Å². The highest BCUT2D eigenvalue weighted by Gasteiger charge is 2.13. The monoisotopic (exact) mass is 277 g/mol. The van der Waals surface area contributed by atoms with Crippen LogP contribution in [-0.2, 0) is 0 Å². The van der Waals surface area contributed by atoms with Crippen molar-refractivity contribution in [1.29, 1.82) is 0 Å². The van der Waals surface area contributed by atoms with Crippen LogP contribution in [0.4, 0.5) is 14.6 Å². The smallest absolute Gasteiger partial charge is 0.166 e. The summed E-state index contributed by atoms with van der Waals surface area (Å²) < 4.78 is 26.9. The molecule has 3 nitrogen and oxygen atoms in total. The third-order valence-electron chi connectivity index (χ3n) is 2.71. The Bertz CT molecular complexity index is 783. The summed E-state index contributed by atoms with van der Waals surface area (Å²) >= 11 is 1.44. The van der Waals surface area contributed by atoms with E-state index in [1.54, 1.807) is 0 Å². The van der Waals surface area contributed by atoms with Crippen LogP contribution in [0.1, 0.15) is 4.88 Å². The Morgan fingerprint density at radius 2 is 1.95 bits per heavy atom. The summed E-state index contributed by atoms with van der Waals surface area (Å²) in [6.45, 7) is 1.92. The lowest BCUT2D eigenvalue weighted by molar-refractivity contribution is 0.602. The molecule has 19 heavy (non-hydrogen) atoms. The highest BCUT2D eigenvalue weighted by molar-refractivity contribution is 7.18. The molecule has 0 aliphatic rings. The zero-order chi connectivity index (χ0) is 13.6. The molecule has 96 valence electrons. The molecule has 0 saturated heterocycles. The highest BCUT2D eigenvalue weighted by atomic mass is 32.1. The zero-order valence-electron chi connectivity index (χ0n) is 9.95. The lowest BCUT2D eigenvalue weighted by atomic mass is 10.2. The van der Waals surface area contributed by atoms with Gasteiger partial charge >= 0.3 is 0 Å². The van der Waals surface area contributed by atoms with Crippen molar-refractivity contribution >= 4 is 27.4 Å². The Kier molecular flexibility index (Phi) is 2.67. The minimum Gasteiger partial charge on any atom is -0.383 e. The summed E-state index contributed by atoms with van der Waals surface area (Å²) in [6.07, 6.45) is 0. The predicted octanol–water partition coefficient (Wildman–Crippen LogP) is 3.53. The lowest BCUT2D eigenvalue weighted by Crippen LogP contribution is -1.98. The summed E-state index contributed by atoms with van der Waals surface area (Å²) in [6, 6.07) is 5.04. The van der Waals surface area contributed by atoms with E-state index in [2.05, 4.69) is 9.97 Å². The Hall–Kier alpha value is -2.08. The lowest BCUT2D eigenvalue weighted by Gasteiger charge is -2.04. The number of thiophene rings is 1. The molecule has 0 amide bonds. The van der Waals surface area contributed by atoms with Crippen LogP contribution in [-0.4, -0.2) is 9.97 Å². The molecule has 3 rings (SSSR count). The van der Waals surface area contributed by atoms with Crippen LogP contribution in [0.5, 0.6) is 0 Å². The molecule has 1 aromatic carbocycles. The van der Waals surface area contributed by atoms with Gasteiger partial charge in [-0.3, -0.25) is 0 Å². The second kappa shape index (κ2) is 4.24. The van der Waals surface area contributed by atoms with Gasteiger partial charge in [-0.25, -0.2) is 18.7 Å². The number of nitrogens with zero attached hydrogens (tertiary/aromatic N) is 2. The number of aryl methyl sites for hydroxylation is 1. The van der Waals surface area contributed by atoms with Crippen LogP contribution in [0.25, 0.3) is 21.6 Å². The molecule has 0 spiro atoms. The minimum absolute atomic E-state index is 0.0136. The maximum Gasteiger partial charge on any atom is 0.166 e. The number of nitrogens with two attached hydrogens (primary N) is 1. The van der Waals surface area contributed by atoms with Crippen LogP contribution in [0.3, 0.4) is 0 Å². The number of halogens is 2. The molecular formula is C13H9F2N3S. The van der Waals surface area contributed by atoms with Crippen LogP contribution in [0, 0.1) is 18.6 Å². The molecule has 0 aliphatic heterocycles. The first-order valence-corrected chi connectivity index (χ1v) is 6.35. The third kappa shape index (κ3) is 2.04. The molecule has 0 atom stereocenters. The van der Waals surface area contributed by atoms with Gasteiger partial charge in [0.25, 0.3) is 0 Å². The third-order valence-corrected chi connectivity index (χ3v) is 3.66. The van der Waals surface area contributed by atoms with Crippen molar-refractivity contribution in [2.24, 2.45) is 0 Å². The fourth-order valence-corrected chi connectivity index (χ4v) is 2.74. The molecule has 0 bridgehead atoms. The van der Waals surface area contributed by atoms with E-state index < -0.39 is 11.6 Å². The fraction of sp³-hybridized carbons (Fsp3) is 0.0769. The largest absolute Gasteiger partial charge is 0.383 e. The highest BCUT2D eigenvalue weighted by Crippen LogP contribution is 2.30. The van der Waals surface area contributed by atoms with Crippen LogP contribution >= 0.6 is 11.3 Å². The maximum atomic E-state index is 13.7. The van der Waals surface area contributed by atoms with Gasteiger partial charge in [-0.2, -0.15) is 0 Å². The Morgan fingerprint density at radius 1 is 1.16 bits per heavy atom. The number of rotatable bonds is 1. The van der Waals surface area contributed by atoms with Crippen molar-refractivity contribution in [1.82, 2.24) is 9.97 Å². The molecule has 2 heterocycles. The number of fused-ring (bicyclic) bond motifs is 1. The molecule has 2 N–H and O–H groups in total. The van der Waals surface area contributed by atoms with E-state index in [1.165, 1.54) is 11.3 Å². The van der Waals surface area contributed by atoms with Crippen molar-refractivity contribution in [3.8, 4) is 11.4 Å². The standard InChI is InChI=1S/C13H9F2N3S/c1-6-4-9-11(16)17-12(18-13(9)19-6)8-5-7(14)2-3-10(8)15/h2-5H,1H3,(H2,16,17,18). The molecule has 0 radical (unpaired) electrons. The Labute approximate surface area is 111 Å². The second-order valence-electron chi connectivity index (χ2n) is 4.13. The summed E-state index contributed by atoms with van der Waals surface area (Å²) in [7, 11) is 0. The average molecular weight is 277 g/mol. The summed E-state index contributed by atoms with van der Waals surface area (Å²) in [4.78, 5) is 10.0. The summed E-state index contributed by atoms with van der Waals surface area (Å²) in [5.74, 6) is -0.744. The van der Waals surface area contributed by atoms with E-state index in [0.717, 1.165) is 28.5 Å². The van der Waals surface area contributed by atoms with Gasteiger partial charge in [-0.1, -0.05) is 0 Å². The Morgan fingerprint density at radius 3 is 2.74 bits per heavy atom. The van der Waals surface area contributed by atoms with Crippen molar-refractivity contribution in [3.63, 3.8) is 0 Å². The van der Waals surface area contributed by atoms with Crippen molar-refractivity contribution < 1.29 is 8.78 Å². The molecule has 0 aliphatic carbocycles. The predicted molar refractivity (Wildman–Crippen MR) is 71.9 cm³/mol. The molecular weight excluding hydrogens is 268 g/mol. The summed E-state index contributed by atoms with van der Waals surface area (Å²) in [5, 5.41) is 0.739. The zero-order valence-corrected chi connectivity index (χ0v) is 10.8. The van der Waals surface area contributed by atoms with Crippen molar-refractivity contribution in [2.75, 3.05) is 5.73 Å². The first kappa shape index (κ1) is 12.0. The second-order valence-corrected chi connectivity index (χ2v) is 5.37. The minimum atomic E-state index is -0.576. The molecule has 6 heteroatoms. The van der Waals surface area contributed by atoms with E-state index in [9.17, 15) is 8.78 Å². The number of nitrogen functional groups attached to an aromatic ring is 1. The number of aromatic nitrogens is 2. The van der Waals surface area contributed by atoms with E-state index in [4.69, 9.17) is 5.73 Å². The van der Waals surface area contributed by atoms with E-state index in [0.29, 0.717) is 4.83 Å². The van der Waals surface area contributed by atoms with Crippen molar-refractivity contribution in [3.05, 3.63) is 40.8 Å². The summed E-state index contributed by atoms with van der Waals surface area (Å²) in [5.41, 5.74) is 5.85. The van der Waals surface area contributed by atoms with Crippen molar-refractivity contribution in [2.45, 2.75) is 6.92 Å². The Balaban J connectivity index is 2.27. The normalized spacial score (nSPS) is 11.1. The van der Waals surface area contributed by atoms with Crippen LogP contribution < -0.4 is 5.73 Å². The number of hydrogen-bond donors (Lipinski definition) is 1. The molecule has 0 unspecified atom stereocenters. The van der Waals surface area contributed by atoms with Gasteiger partial charge in [0, 0.05) is 4.88 Å². The van der Waals surface area contributed by atoms with E-state index >= 15 is 0 Å². The van der Waals surface area contributed by atoms with Crippen LogP contribution in [0.15, 0.2) is 24.3 Å².